The molecule has 2 heterocycles. The Morgan fingerprint density at radius 2 is 2.24 bits per heavy atom. The first-order valence-corrected chi connectivity index (χ1v) is 6.86. The Hall–Kier alpha value is -2.01. The van der Waals surface area contributed by atoms with E-state index in [2.05, 4.69) is 21.8 Å². The Bertz CT molecular complexity index is 739. The standard InChI is InChI=1S/C15H16ClFN4/c1-9(2)12-8-19-21-14(16)6-13(20-15(12)21)11(7-18-4)5-10(3)17/h5-9H,4H2,1-3H3/b10-5+,11-7+. The Balaban J connectivity index is 2.69. The molecule has 21 heavy (non-hydrogen) atoms. The molecule has 0 amide bonds. The van der Waals surface area contributed by atoms with Crippen LogP contribution >= 0.6 is 11.6 Å². The molecule has 110 valence electrons. The van der Waals surface area contributed by atoms with Crippen LogP contribution in [-0.2, 0) is 0 Å². The number of halogens is 2. The molecule has 2 rings (SSSR count). The molecule has 0 aliphatic rings. The number of fused-ring (bicyclic) bond motifs is 1. The first-order chi connectivity index (χ1) is 9.93. The van der Waals surface area contributed by atoms with E-state index in [4.69, 9.17) is 11.6 Å². The van der Waals surface area contributed by atoms with E-state index >= 15 is 0 Å². The zero-order chi connectivity index (χ0) is 15.6. The summed E-state index contributed by atoms with van der Waals surface area (Å²) in [6, 6.07) is 1.63. The van der Waals surface area contributed by atoms with Crippen molar-refractivity contribution in [3.63, 3.8) is 0 Å². The number of aromatic nitrogens is 3. The lowest BCUT2D eigenvalue weighted by atomic mass is 10.1. The van der Waals surface area contributed by atoms with E-state index in [9.17, 15) is 4.39 Å². The highest BCUT2D eigenvalue weighted by molar-refractivity contribution is 6.29. The molecule has 0 fully saturated rings. The van der Waals surface area contributed by atoms with Crippen LogP contribution in [0.5, 0.6) is 0 Å². The zero-order valence-electron chi connectivity index (χ0n) is 12.1. The molecule has 0 aromatic carbocycles. The number of allylic oxidation sites excluding steroid dienone is 3. The molecular formula is C15H16ClFN4. The van der Waals surface area contributed by atoms with Gasteiger partial charge >= 0.3 is 0 Å². The maximum Gasteiger partial charge on any atom is 0.160 e. The van der Waals surface area contributed by atoms with E-state index < -0.39 is 0 Å². The highest BCUT2D eigenvalue weighted by Crippen LogP contribution is 2.25. The molecule has 0 saturated heterocycles. The summed E-state index contributed by atoms with van der Waals surface area (Å²) in [4.78, 5) is 8.23. The molecule has 4 nitrogen and oxygen atoms in total. The molecule has 0 unspecified atom stereocenters. The van der Waals surface area contributed by atoms with Crippen LogP contribution < -0.4 is 0 Å². The van der Waals surface area contributed by atoms with Gasteiger partial charge in [-0.05, 0) is 25.6 Å². The van der Waals surface area contributed by atoms with Crippen molar-refractivity contribution < 1.29 is 4.39 Å². The largest absolute Gasteiger partial charge is 0.272 e. The lowest BCUT2D eigenvalue weighted by Gasteiger charge is -2.07. The second-order valence-electron chi connectivity index (χ2n) is 4.95. The topological polar surface area (TPSA) is 42.5 Å². The van der Waals surface area contributed by atoms with Gasteiger partial charge in [-0.25, -0.2) is 13.9 Å². The van der Waals surface area contributed by atoms with Crippen LogP contribution in [0.4, 0.5) is 4.39 Å². The third kappa shape index (κ3) is 3.19. The van der Waals surface area contributed by atoms with Crippen molar-refractivity contribution in [3.05, 3.63) is 46.8 Å². The van der Waals surface area contributed by atoms with Crippen molar-refractivity contribution in [2.75, 3.05) is 0 Å². The zero-order valence-corrected chi connectivity index (χ0v) is 12.9. The summed E-state index contributed by atoms with van der Waals surface area (Å²) in [7, 11) is 0. The minimum Gasteiger partial charge on any atom is -0.272 e. The number of rotatable bonds is 4. The molecule has 2 aromatic heterocycles. The van der Waals surface area contributed by atoms with E-state index in [-0.39, 0.29) is 11.7 Å². The molecule has 0 spiro atoms. The van der Waals surface area contributed by atoms with Crippen LogP contribution in [0, 0.1) is 0 Å². The lowest BCUT2D eigenvalue weighted by molar-refractivity contribution is 0.641. The van der Waals surface area contributed by atoms with Crippen molar-refractivity contribution in [2.45, 2.75) is 26.7 Å². The van der Waals surface area contributed by atoms with Crippen LogP contribution in [0.1, 0.15) is 37.9 Å². The van der Waals surface area contributed by atoms with Gasteiger partial charge in [-0.3, -0.25) is 4.99 Å². The van der Waals surface area contributed by atoms with Gasteiger partial charge in [-0.2, -0.15) is 5.10 Å². The molecule has 0 atom stereocenters. The fraction of sp³-hybridized carbons (Fsp3) is 0.267. The number of hydrogen-bond acceptors (Lipinski definition) is 3. The van der Waals surface area contributed by atoms with Gasteiger partial charge in [-0.15, -0.1) is 0 Å². The summed E-state index contributed by atoms with van der Waals surface area (Å²) in [6.45, 7) is 8.85. The average Bonchev–Trinajstić information content (AvgIpc) is 2.82. The normalized spacial score (nSPS) is 13.2. The highest BCUT2D eigenvalue weighted by Gasteiger charge is 2.14. The first-order valence-electron chi connectivity index (χ1n) is 6.48. The molecule has 0 bridgehead atoms. The molecule has 0 aliphatic heterocycles. The molecule has 0 radical (unpaired) electrons. The van der Waals surface area contributed by atoms with Gasteiger partial charge in [0.1, 0.15) is 5.15 Å². The van der Waals surface area contributed by atoms with Gasteiger partial charge < -0.3 is 0 Å². The second kappa shape index (κ2) is 6.18. The smallest absolute Gasteiger partial charge is 0.160 e. The Morgan fingerprint density at radius 1 is 1.52 bits per heavy atom. The minimum atomic E-state index is -0.347. The summed E-state index contributed by atoms with van der Waals surface area (Å²) in [5, 5.41) is 4.63. The fourth-order valence-corrected chi connectivity index (χ4v) is 2.22. The van der Waals surface area contributed by atoms with E-state index in [0.29, 0.717) is 22.1 Å². The van der Waals surface area contributed by atoms with Crippen LogP contribution in [0.15, 0.2) is 35.4 Å². The third-order valence-electron chi connectivity index (χ3n) is 2.96. The molecule has 0 saturated carbocycles. The minimum absolute atomic E-state index is 0.254. The van der Waals surface area contributed by atoms with E-state index in [0.717, 1.165) is 5.56 Å². The molecule has 6 heteroatoms. The second-order valence-corrected chi connectivity index (χ2v) is 5.34. The van der Waals surface area contributed by atoms with Crippen molar-refractivity contribution in [2.24, 2.45) is 4.99 Å². The fourth-order valence-electron chi connectivity index (χ4n) is 1.99. The van der Waals surface area contributed by atoms with E-state index in [1.54, 1.807) is 16.8 Å². The van der Waals surface area contributed by atoms with Crippen LogP contribution in [0.3, 0.4) is 0 Å². The number of hydrogen-bond donors (Lipinski definition) is 0. The van der Waals surface area contributed by atoms with Crippen molar-refractivity contribution in [1.82, 2.24) is 14.6 Å². The van der Waals surface area contributed by atoms with Gasteiger partial charge in [0.05, 0.1) is 17.7 Å². The van der Waals surface area contributed by atoms with Gasteiger partial charge in [0, 0.05) is 23.4 Å². The van der Waals surface area contributed by atoms with Crippen molar-refractivity contribution in [1.29, 1.82) is 0 Å². The molecular weight excluding hydrogens is 291 g/mol. The van der Waals surface area contributed by atoms with Crippen LogP contribution in [0.2, 0.25) is 5.15 Å². The third-order valence-corrected chi connectivity index (χ3v) is 3.23. The average molecular weight is 307 g/mol. The maximum atomic E-state index is 13.2. The molecule has 2 aromatic rings. The predicted octanol–water partition coefficient (Wildman–Crippen LogP) is 4.42. The van der Waals surface area contributed by atoms with E-state index in [1.807, 2.05) is 13.8 Å². The quantitative estimate of drug-likeness (QED) is 0.476. The van der Waals surface area contributed by atoms with Gasteiger partial charge in [-0.1, -0.05) is 25.4 Å². The van der Waals surface area contributed by atoms with E-state index in [1.165, 1.54) is 19.2 Å². The van der Waals surface area contributed by atoms with Gasteiger partial charge in [0.15, 0.2) is 5.65 Å². The summed E-state index contributed by atoms with van der Waals surface area (Å²) in [5.41, 5.74) is 2.67. The van der Waals surface area contributed by atoms with Crippen LogP contribution in [-0.4, -0.2) is 21.3 Å². The van der Waals surface area contributed by atoms with Crippen molar-refractivity contribution in [3.8, 4) is 0 Å². The summed E-state index contributed by atoms with van der Waals surface area (Å²) in [5.74, 6) is -0.0926. The van der Waals surface area contributed by atoms with Crippen molar-refractivity contribution >= 4 is 29.5 Å². The monoisotopic (exact) mass is 306 g/mol. The predicted molar refractivity (Wildman–Crippen MR) is 84.5 cm³/mol. The van der Waals surface area contributed by atoms with Gasteiger partial charge in [0.2, 0.25) is 0 Å². The maximum absolute atomic E-state index is 13.2. The Labute approximate surface area is 127 Å². The Morgan fingerprint density at radius 3 is 2.81 bits per heavy atom. The van der Waals surface area contributed by atoms with Gasteiger partial charge in [0.25, 0.3) is 0 Å². The Kier molecular flexibility index (Phi) is 4.53. The molecule has 0 aliphatic carbocycles. The number of aliphatic imine (C=N–C) groups is 1. The van der Waals surface area contributed by atoms with Crippen LogP contribution in [0.25, 0.3) is 11.2 Å². The SMILES string of the molecule is C=N/C=C(\C=C(/C)F)c1cc(Cl)n2ncc(C(C)C)c2n1. The summed E-state index contributed by atoms with van der Waals surface area (Å²) in [6.07, 6.45) is 4.53. The molecule has 0 N–H and O–H groups in total. The lowest BCUT2D eigenvalue weighted by Crippen LogP contribution is -1.98. The highest BCUT2D eigenvalue weighted by atomic mass is 35.5. The summed E-state index contributed by atoms with van der Waals surface area (Å²) >= 11 is 6.23. The summed E-state index contributed by atoms with van der Waals surface area (Å²) < 4.78 is 14.8. The first kappa shape index (κ1) is 15.4. The number of nitrogens with zero attached hydrogens (tertiary/aromatic N) is 4.